The Balaban J connectivity index is 1.63. The van der Waals surface area contributed by atoms with Crippen LogP contribution < -0.4 is 15.4 Å². The van der Waals surface area contributed by atoms with Gasteiger partial charge in [-0.25, -0.2) is 0 Å². The van der Waals surface area contributed by atoms with Crippen molar-refractivity contribution < 1.29 is 14.3 Å². The van der Waals surface area contributed by atoms with Gasteiger partial charge >= 0.3 is 0 Å². The van der Waals surface area contributed by atoms with Crippen LogP contribution in [0.2, 0.25) is 0 Å². The second-order valence-electron chi connectivity index (χ2n) is 6.48. The van der Waals surface area contributed by atoms with Crippen molar-refractivity contribution in [3.8, 4) is 5.75 Å². The number of hydrogen-bond donors (Lipinski definition) is 2. The maximum atomic E-state index is 12.4. The quantitative estimate of drug-likeness (QED) is 0.876. The molecule has 2 saturated heterocycles. The Bertz CT molecular complexity index is 535. The molecule has 126 valence electrons. The third-order valence-electron chi connectivity index (χ3n) is 4.51. The molecule has 2 aliphatic heterocycles. The van der Waals surface area contributed by atoms with Gasteiger partial charge in [-0.2, -0.15) is 0 Å². The van der Waals surface area contributed by atoms with Gasteiger partial charge in [-0.15, -0.1) is 0 Å². The number of carbonyl (C=O) groups is 1. The lowest BCUT2D eigenvalue weighted by Crippen LogP contribution is -2.37. The zero-order chi connectivity index (χ0) is 16.1. The minimum absolute atomic E-state index is 0.0380. The van der Waals surface area contributed by atoms with Crippen LogP contribution in [0.1, 0.15) is 31.2 Å². The largest absolute Gasteiger partial charge is 0.489 e. The van der Waals surface area contributed by atoms with E-state index in [1.54, 1.807) is 0 Å². The lowest BCUT2D eigenvalue weighted by atomic mass is 9.98. The molecule has 3 rings (SSSR count). The monoisotopic (exact) mass is 318 g/mol. The number of carbonyl (C=O) groups excluding carboxylic acids is 1. The number of ether oxygens (including phenoxy) is 2. The number of piperidine rings is 1. The molecule has 0 radical (unpaired) electrons. The van der Waals surface area contributed by atoms with E-state index in [2.05, 4.69) is 10.6 Å². The number of rotatable bonds is 5. The predicted molar refractivity (Wildman–Crippen MR) is 89.9 cm³/mol. The molecule has 1 aromatic carbocycles. The van der Waals surface area contributed by atoms with Gasteiger partial charge in [-0.3, -0.25) is 4.79 Å². The van der Waals surface area contributed by atoms with Crippen LogP contribution in [0.25, 0.3) is 0 Å². The molecule has 0 aliphatic carbocycles. The normalized spacial score (nSPS) is 24.4. The van der Waals surface area contributed by atoms with Crippen LogP contribution in [0.4, 0.5) is 5.69 Å². The molecule has 1 aromatic rings. The molecule has 5 heteroatoms. The number of amides is 1. The minimum atomic E-state index is 0.0380. The topological polar surface area (TPSA) is 59.6 Å². The highest BCUT2D eigenvalue weighted by Gasteiger charge is 2.22. The average molecular weight is 318 g/mol. The van der Waals surface area contributed by atoms with E-state index < -0.39 is 0 Å². The van der Waals surface area contributed by atoms with Gasteiger partial charge in [0.1, 0.15) is 12.4 Å². The molecule has 2 fully saturated rings. The van der Waals surface area contributed by atoms with Crippen molar-refractivity contribution in [1.82, 2.24) is 5.32 Å². The summed E-state index contributed by atoms with van der Waals surface area (Å²) in [6.45, 7) is 5.14. The van der Waals surface area contributed by atoms with Crippen LogP contribution in [0.3, 0.4) is 0 Å². The van der Waals surface area contributed by atoms with Crippen molar-refractivity contribution >= 4 is 11.6 Å². The van der Waals surface area contributed by atoms with E-state index in [0.717, 1.165) is 62.4 Å². The standard InChI is InChI=1S/C18H26N2O3/c1-13-6-7-16(20-18(21)14-4-2-8-19-11-14)17(10-13)23-12-15-5-3-9-22-15/h6-7,10,14-15,19H,2-5,8-9,11-12H2,1H3,(H,20,21). The molecule has 5 nitrogen and oxygen atoms in total. The summed E-state index contributed by atoms with van der Waals surface area (Å²) in [5.41, 5.74) is 1.87. The first kappa shape index (κ1) is 16.3. The van der Waals surface area contributed by atoms with Gasteiger partial charge in [0, 0.05) is 13.2 Å². The second kappa shape index (κ2) is 7.79. The second-order valence-corrected chi connectivity index (χ2v) is 6.48. The molecule has 2 unspecified atom stereocenters. The minimum Gasteiger partial charge on any atom is -0.489 e. The van der Waals surface area contributed by atoms with Gasteiger partial charge in [0.2, 0.25) is 5.91 Å². The number of aryl methyl sites for hydroxylation is 1. The summed E-state index contributed by atoms with van der Waals surface area (Å²) in [7, 11) is 0. The Morgan fingerprint density at radius 1 is 1.39 bits per heavy atom. The van der Waals surface area contributed by atoms with Crippen LogP contribution in [-0.4, -0.2) is 38.3 Å². The molecule has 0 aromatic heterocycles. The van der Waals surface area contributed by atoms with Gasteiger partial charge in [0.25, 0.3) is 0 Å². The highest BCUT2D eigenvalue weighted by atomic mass is 16.5. The van der Waals surface area contributed by atoms with Gasteiger partial charge in [-0.1, -0.05) is 6.07 Å². The van der Waals surface area contributed by atoms with Crippen molar-refractivity contribution in [1.29, 1.82) is 0 Å². The van der Waals surface area contributed by atoms with Crippen molar-refractivity contribution in [2.45, 2.75) is 38.7 Å². The fourth-order valence-electron chi connectivity index (χ4n) is 3.12. The van der Waals surface area contributed by atoms with Crippen molar-refractivity contribution in [3.63, 3.8) is 0 Å². The molecular weight excluding hydrogens is 292 g/mol. The van der Waals surface area contributed by atoms with Gasteiger partial charge in [0.15, 0.2) is 0 Å². The molecule has 2 atom stereocenters. The predicted octanol–water partition coefficient (Wildman–Crippen LogP) is 2.49. The number of anilines is 1. The maximum Gasteiger partial charge on any atom is 0.228 e. The van der Waals surface area contributed by atoms with Crippen molar-refractivity contribution in [2.24, 2.45) is 5.92 Å². The van der Waals surface area contributed by atoms with Crippen LogP contribution in [-0.2, 0) is 9.53 Å². The number of hydrogen-bond acceptors (Lipinski definition) is 4. The third kappa shape index (κ3) is 4.45. The van der Waals surface area contributed by atoms with Gasteiger partial charge in [-0.05, 0) is 56.8 Å². The van der Waals surface area contributed by atoms with Crippen LogP contribution in [0, 0.1) is 12.8 Å². The van der Waals surface area contributed by atoms with Crippen molar-refractivity contribution in [3.05, 3.63) is 23.8 Å². The summed E-state index contributed by atoms with van der Waals surface area (Å²) in [6, 6.07) is 5.89. The number of nitrogens with one attached hydrogen (secondary N) is 2. The zero-order valence-electron chi connectivity index (χ0n) is 13.8. The summed E-state index contributed by atoms with van der Waals surface area (Å²) >= 11 is 0. The smallest absolute Gasteiger partial charge is 0.228 e. The molecule has 0 bridgehead atoms. The lowest BCUT2D eigenvalue weighted by Gasteiger charge is -2.23. The molecule has 0 spiro atoms. The van der Waals surface area contributed by atoms with Gasteiger partial charge in [0.05, 0.1) is 17.7 Å². The van der Waals surface area contributed by atoms with Crippen LogP contribution >= 0.6 is 0 Å². The third-order valence-corrected chi connectivity index (χ3v) is 4.51. The molecule has 2 N–H and O–H groups in total. The van der Waals surface area contributed by atoms with Crippen LogP contribution in [0.15, 0.2) is 18.2 Å². The van der Waals surface area contributed by atoms with E-state index in [0.29, 0.717) is 6.61 Å². The first-order valence-corrected chi connectivity index (χ1v) is 8.59. The van der Waals surface area contributed by atoms with E-state index in [1.165, 1.54) is 0 Å². The first-order chi connectivity index (χ1) is 11.2. The summed E-state index contributed by atoms with van der Waals surface area (Å²) in [5.74, 6) is 0.844. The Kier molecular flexibility index (Phi) is 5.51. The summed E-state index contributed by atoms with van der Waals surface area (Å²) in [6.07, 6.45) is 4.30. The SMILES string of the molecule is Cc1ccc(NC(=O)C2CCCNC2)c(OCC2CCCO2)c1. The molecule has 23 heavy (non-hydrogen) atoms. The maximum absolute atomic E-state index is 12.4. The summed E-state index contributed by atoms with van der Waals surface area (Å²) < 4.78 is 11.5. The molecule has 1 amide bonds. The highest BCUT2D eigenvalue weighted by molar-refractivity contribution is 5.94. The zero-order valence-corrected chi connectivity index (χ0v) is 13.8. The van der Waals surface area contributed by atoms with E-state index in [1.807, 2.05) is 25.1 Å². The summed E-state index contributed by atoms with van der Waals surface area (Å²) in [5, 5.41) is 6.32. The molecule has 2 aliphatic rings. The van der Waals surface area contributed by atoms with E-state index >= 15 is 0 Å². The summed E-state index contributed by atoms with van der Waals surface area (Å²) in [4.78, 5) is 12.4. The van der Waals surface area contributed by atoms with Gasteiger partial charge < -0.3 is 20.1 Å². The van der Waals surface area contributed by atoms with E-state index in [4.69, 9.17) is 9.47 Å². The fraction of sp³-hybridized carbons (Fsp3) is 0.611. The van der Waals surface area contributed by atoms with E-state index in [9.17, 15) is 4.79 Å². The van der Waals surface area contributed by atoms with Crippen LogP contribution in [0.5, 0.6) is 5.75 Å². The first-order valence-electron chi connectivity index (χ1n) is 8.59. The Morgan fingerprint density at radius 3 is 3.04 bits per heavy atom. The Labute approximate surface area is 137 Å². The van der Waals surface area contributed by atoms with E-state index in [-0.39, 0.29) is 17.9 Å². The number of benzene rings is 1. The highest BCUT2D eigenvalue weighted by Crippen LogP contribution is 2.28. The van der Waals surface area contributed by atoms with Crippen molar-refractivity contribution in [2.75, 3.05) is 31.6 Å². The molecular formula is C18H26N2O3. The fourth-order valence-corrected chi connectivity index (χ4v) is 3.12. The average Bonchev–Trinajstić information content (AvgIpc) is 3.09. The molecule has 0 saturated carbocycles. The molecule has 2 heterocycles. The lowest BCUT2D eigenvalue weighted by molar-refractivity contribution is -0.120. The Hall–Kier alpha value is -1.59. The Morgan fingerprint density at radius 2 is 2.30 bits per heavy atom.